The average molecular weight is 609 g/mol. The molecule has 0 spiro atoms. The van der Waals surface area contributed by atoms with Gasteiger partial charge in [-0.2, -0.15) is 0 Å². The molecule has 0 unspecified atom stereocenters. The van der Waals surface area contributed by atoms with Crippen LogP contribution in [0.25, 0.3) is 22.0 Å². The molecule has 0 bridgehead atoms. The Morgan fingerprint density at radius 2 is 1.73 bits per heavy atom. The van der Waals surface area contributed by atoms with Crippen LogP contribution in [-0.4, -0.2) is 55.8 Å². The van der Waals surface area contributed by atoms with Gasteiger partial charge in [0.05, 0.1) is 30.3 Å². The first-order valence-electron chi connectivity index (χ1n) is 14.4. The number of rotatable bonds is 8. The van der Waals surface area contributed by atoms with Crippen molar-refractivity contribution in [3.63, 3.8) is 0 Å². The minimum Gasteiger partial charge on any atom is -0.353 e. The standard InChI is InChI=1S/C34H30F2N6O3/c1-20-6-3-4-7-25(20)26-8-5-9-29(33(26)36)40-34(45)31-12-22(35)16-42(31)32(44)18-41-17-28(21(2)43)27-13-23(10-11-30(27)41)39-24-14-37-19-38-15-24/h3-11,13-15,17,19,22,31,39H,12,16,18H2,1-2H3,(H,40,45)/t22-,31+/m1/s1. The average Bonchev–Trinajstić information content (AvgIpc) is 3.59. The Morgan fingerprint density at radius 1 is 0.978 bits per heavy atom. The van der Waals surface area contributed by atoms with E-state index < -0.39 is 29.8 Å². The normalized spacial score (nSPS) is 16.1. The first kappa shape index (κ1) is 29.6. The lowest BCUT2D eigenvalue weighted by Crippen LogP contribution is -2.44. The summed E-state index contributed by atoms with van der Waals surface area (Å²) in [6, 6.07) is 16.3. The van der Waals surface area contributed by atoms with Gasteiger partial charge >= 0.3 is 0 Å². The molecule has 11 heteroatoms. The van der Waals surface area contributed by atoms with Gasteiger partial charge in [-0.05, 0) is 49.2 Å². The monoisotopic (exact) mass is 608 g/mol. The number of anilines is 3. The van der Waals surface area contributed by atoms with E-state index in [1.807, 2.05) is 19.1 Å². The highest BCUT2D eigenvalue weighted by molar-refractivity contribution is 6.08. The van der Waals surface area contributed by atoms with Crippen molar-refractivity contribution in [3.05, 3.63) is 103 Å². The van der Waals surface area contributed by atoms with Crippen molar-refractivity contribution in [2.75, 3.05) is 17.2 Å². The second-order valence-electron chi connectivity index (χ2n) is 11.1. The summed E-state index contributed by atoms with van der Waals surface area (Å²) >= 11 is 0. The summed E-state index contributed by atoms with van der Waals surface area (Å²) in [5.41, 5.74) is 4.22. The predicted molar refractivity (Wildman–Crippen MR) is 167 cm³/mol. The lowest BCUT2D eigenvalue weighted by molar-refractivity contribution is -0.137. The maximum absolute atomic E-state index is 15.6. The number of nitrogens with zero attached hydrogens (tertiary/aromatic N) is 4. The lowest BCUT2D eigenvalue weighted by Gasteiger charge is -2.24. The van der Waals surface area contributed by atoms with Gasteiger partial charge in [-0.1, -0.05) is 36.4 Å². The highest BCUT2D eigenvalue weighted by atomic mass is 19.1. The van der Waals surface area contributed by atoms with Gasteiger partial charge in [-0.15, -0.1) is 0 Å². The summed E-state index contributed by atoms with van der Waals surface area (Å²) in [4.78, 5) is 48.6. The highest BCUT2D eigenvalue weighted by Crippen LogP contribution is 2.32. The third-order valence-electron chi connectivity index (χ3n) is 7.98. The van der Waals surface area contributed by atoms with Gasteiger partial charge in [-0.25, -0.2) is 18.7 Å². The number of fused-ring (bicyclic) bond motifs is 1. The third-order valence-corrected chi connectivity index (χ3v) is 7.98. The molecule has 1 saturated heterocycles. The van der Waals surface area contributed by atoms with Crippen molar-refractivity contribution in [2.45, 2.75) is 39.0 Å². The van der Waals surface area contributed by atoms with Gasteiger partial charge < -0.3 is 20.1 Å². The van der Waals surface area contributed by atoms with Crippen molar-refractivity contribution >= 4 is 45.6 Å². The van der Waals surface area contributed by atoms with Gasteiger partial charge in [0.1, 0.15) is 25.1 Å². The summed E-state index contributed by atoms with van der Waals surface area (Å²) in [5.74, 6) is -1.98. The number of nitrogens with one attached hydrogen (secondary N) is 2. The Morgan fingerprint density at radius 3 is 2.49 bits per heavy atom. The topological polar surface area (TPSA) is 109 Å². The smallest absolute Gasteiger partial charge is 0.247 e. The van der Waals surface area contributed by atoms with E-state index in [9.17, 15) is 18.8 Å². The molecule has 0 saturated carbocycles. The summed E-state index contributed by atoms with van der Waals surface area (Å²) in [6.45, 7) is 2.81. The molecule has 3 heterocycles. The zero-order valence-electron chi connectivity index (χ0n) is 24.6. The molecule has 2 N–H and O–H groups in total. The molecular formula is C34H30F2N6O3. The largest absolute Gasteiger partial charge is 0.353 e. The molecule has 9 nitrogen and oxygen atoms in total. The van der Waals surface area contributed by atoms with E-state index in [0.717, 1.165) is 5.56 Å². The van der Waals surface area contributed by atoms with Crippen LogP contribution < -0.4 is 10.6 Å². The minimum atomic E-state index is -1.42. The molecule has 5 aromatic rings. The summed E-state index contributed by atoms with van der Waals surface area (Å²) in [7, 11) is 0. The van der Waals surface area contributed by atoms with E-state index in [1.54, 1.807) is 65.6 Å². The van der Waals surface area contributed by atoms with Crippen LogP contribution in [0.4, 0.5) is 25.8 Å². The van der Waals surface area contributed by atoms with Crippen molar-refractivity contribution in [2.24, 2.45) is 0 Å². The summed E-state index contributed by atoms with van der Waals surface area (Å²) in [6.07, 6.45) is 4.61. The molecule has 45 heavy (non-hydrogen) atoms. The number of Topliss-reactive ketones (excluding diaryl/α,β-unsaturated/α-hetero) is 1. The van der Waals surface area contributed by atoms with Crippen LogP contribution in [0.2, 0.25) is 0 Å². The number of benzene rings is 3. The zero-order valence-corrected chi connectivity index (χ0v) is 24.6. The molecule has 228 valence electrons. The number of alkyl halides is 1. The number of aryl methyl sites for hydroxylation is 1. The Balaban J connectivity index is 1.23. The Labute approximate surface area is 257 Å². The number of hydrogen-bond acceptors (Lipinski definition) is 6. The van der Waals surface area contributed by atoms with Crippen LogP contribution in [0.3, 0.4) is 0 Å². The van der Waals surface area contributed by atoms with Gasteiger partial charge in [0, 0.05) is 40.3 Å². The van der Waals surface area contributed by atoms with Gasteiger partial charge in [-0.3, -0.25) is 14.4 Å². The van der Waals surface area contributed by atoms with Crippen molar-refractivity contribution in [3.8, 4) is 11.1 Å². The SMILES string of the molecule is CC(=O)c1cn(CC(=O)N2C[C@H](F)C[C@H]2C(=O)Nc2cccc(-c3ccccc3C)c2F)c2ccc(Nc3cncnc3)cc12. The summed E-state index contributed by atoms with van der Waals surface area (Å²) in [5, 5.41) is 6.40. The molecule has 1 aliphatic rings. The number of carbonyl (C=O) groups excluding carboxylic acids is 3. The molecule has 2 atom stereocenters. The fourth-order valence-corrected chi connectivity index (χ4v) is 5.79. The number of amides is 2. The second kappa shape index (κ2) is 12.3. The molecule has 2 amide bonds. The maximum Gasteiger partial charge on any atom is 0.247 e. The first-order chi connectivity index (χ1) is 21.7. The fourth-order valence-electron chi connectivity index (χ4n) is 5.79. The molecule has 1 fully saturated rings. The number of hydrogen-bond donors (Lipinski definition) is 2. The van der Waals surface area contributed by atoms with Crippen LogP contribution in [0.15, 0.2) is 85.6 Å². The number of aromatic nitrogens is 3. The molecule has 2 aromatic heterocycles. The molecule has 3 aromatic carbocycles. The van der Waals surface area contributed by atoms with Crippen LogP contribution in [0.1, 0.15) is 29.3 Å². The lowest BCUT2D eigenvalue weighted by atomic mass is 9.99. The van der Waals surface area contributed by atoms with E-state index in [-0.39, 0.29) is 31.0 Å². The summed E-state index contributed by atoms with van der Waals surface area (Å²) < 4.78 is 31.9. The van der Waals surface area contributed by atoms with E-state index in [1.165, 1.54) is 24.2 Å². The van der Waals surface area contributed by atoms with Crippen molar-refractivity contribution in [1.29, 1.82) is 0 Å². The molecule has 0 radical (unpaired) electrons. The minimum absolute atomic E-state index is 0.0514. The molecule has 1 aliphatic heterocycles. The molecular weight excluding hydrogens is 578 g/mol. The van der Waals surface area contributed by atoms with Gasteiger partial charge in [0.25, 0.3) is 0 Å². The Hall–Kier alpha value is -5.45. The van der Waals surface area contributed by atoms with E-state index in [0.29, 0.717) is 39.0 Å². The number of ketones is 1. The van der Waals surface area contributed by atoms with Gasteiger partial charge in [0.15, 0.2) is 11.6 Å². The second-order valence-corrected chi connectivity index (χ2v) is 11.1. The van der Waals surface area contributed by atoms with Crippen LogP contribution in [-0.2, 0) is 16.1 Å². The maximum atomic E-state index is 15.6. The van der Waals surface area contributed by atoms with Gasteiger partial charge in [0.2, 0.25) is 11.8 Å². The highest BCUT2D eigenvalue weighted by Gasteiger charge is 2.40. The molecule has 0 aliphatic carbocycles. The number of likely N-dealkylation sites (tertiary alicyclic amines) is 1. The predicted octanol–water partition coefficient (Wildman–Crippen LogP) is 6.07. The zero-order chi connectivity index (χ0) is 31.7. The van der Waals surface area contributed by atoms with Crippen LogP contribution in [0, 0.1) is 12.7 Å². The number of halogens is 2. The number of carbonyl (C=O) groups is 3. The fraction of sp³-hybridized carbons (Fsp3) is 0.206. The Kier molecular flexibility index (Phi) is 8.08. The van der Waals surface area contributed by atoms with E-state index in [2.05, 4.69) is 20.6 Å². The Bertz CT molecular complexity index is 1930. The van der Waals surface area contributed by atoms with E-state index >= 15 is 4.39 Å². The van der Waals surface area contributed by atoms with Crippen LogP contribution in [0.5, 0.6) is 0 Å². The van der Waals surface area contributed by atoms with Crippen molar-refractivity contribution < 1.29 is 23.2 Å². The van der Waals surface area contributed by atoms with Crippen LogP contribution >= 0.6 is 0 Å². The molecule has 6 rings (SSSR count). The van der Waals surface area contributed by atoms with Crippen molar-refractivity contribution in [1.82, 2.24) is 19.4 Å². The quantitative estimate of drug-likeness (QED) is 0.207. The first-order valence-corrected chi connectivity index (χ1v) is 14.4. The third kappa shape index (κ3) is 6.01. The van der Waals surface area contributed by atoms with E-state index in [4.69, 9.17) is 0 Å².